The fourth-order valence-corrected chi connectivity index (χ4v) is 3.82. The fraction of sp³-hybridized carbons (Fsp3) is 0.154. The first-order valence-electron chi connectivity index (χ1n) is 10.4. The summed E-state index contributed by atoms with van der Waals surface area (Å²) >= 11 is 6.36. The third-order valence-electron chi connectivity index (χ3n) is 5.08. The lowest BCUT2D eigenvalue weighted by molar-refractivity contribution is 0.317. The molecule has 0 radical (unpaired) electrons. The number of rotatable bonds is 6. The van der Waals surface area contributed by atoms with Gasteiger partial charge in [-0.05, 0) is 48.4 Å². The molecule has 0 atom stereocenters. The van der Waals surface area contributed by atoms with Crippen molar-refractivity contribution in [2.24, 2.45) is 0 Å². The number of nitrogens with one attached hydrogen (secondary N) is 1. The van der Waals surface area contributed by atoms with Gasteiger partial charge in [0.2, 0.25) is 0 Å². The summed E-state index contributed by atoms with van der Waals surface area (Å²) in [6, 6.07) is 16.7. The first-order chi connectivity index (χ1) is 15.6. The Kier molecular flexibility index (Phi) is 6.44. The lowest BCUT2D eigenvalue weighted by Gasteiger charge is -2.16. The molecule has 4 rings (SSSR count). The van der Waals surface area contributed by atoms with Gasteiger partial charge in [0.15, 0.2) is 0 Å². The van der Waals surface area contributed by atoms with Gasteiger partial charge in [0.25, 0.3) is 5.56 Å². The Morgan fingerprint density at radius 3 is 2.75 bits per heavy atom. The van der Waals surface area contributed by atoms with Crippen LogP contribution in [0.5, 0.6) is 5.75 Å². The van der Waals surface area contributed by atoms with Gasteiger partial charge in [-0.15, -0.1) is 0 Å². The van der Waals surface area contributed by atoms with Gasteiger partial charge >= 0.3 is 0 Å². The number of ether oxygens (including phenoxy) is 1. The molecule has 0 saturated carbocycles. The Morgan fingerprint density at radius 1 is 1.16 bits per heavy atom. The van der Waals surface area contributed by atoms with Crippen molar-refractivity contribution in [3.63, 3.8) is 0 Å². The van der Waals surface area contributed by atoms with E-state index in [1.54, 1.807) is 35.2 Å². The third-order valence-corrected chi connectivity index (χ3v) is 5.30. The molecule has 0 aliphatic carbocycles. The maximum absolute atomic E-state index is 13.6. The van der Waals surface area contributed by atoms with E-state index in [4.69, 9.17) is 16.3 Å². The topological polar surface area (TPSA) is 67.0 Å². The smallest absolute Gasteiger partial charge is 0.263 e. The molecule has 1 aliphatic rings. The summed E-state index contributed by atoms with van der Waals surface area (Å²) in [6.45, 7) is 3.29. The van der Waals surface area contributed by atoms with E-state index in [-0.39, 0.29) is 5.56 Å². The Hall–Kier alpha value is -3.75. The van der Waals surface area contributed by atoms with Crippen LogP contribution in [0.4, 0.5) is 0 Å². The van der Waals surface area contributed by atoms with E-state index in [1.807, 2.05) is 49.4 Å². The zero-order chi connectivity index (χ0) is 22.5. The van der Waals surface area contributed by atoms with Crippen LogP contribution in [0, 0.1) is 11.3 Å². The molecule has 0 bridgehead atoms. The largest absolute Gasteiger partial charge is 0.494 e. The van der Waals surface area contributed by atoms with E-state index in [0.29, 0.717) is 46.3 Å². The van der Waals surface area contributed by atoms with Gasteiger partial charge in [-0.1, -0.05) is 42.8 Å². The summed E-state index contributed by atoms with van der Waals surface area (Å²) in [7, 11) is 0. The lowest BCUT2D eigenvalue weighted by atomic mass is 9.98. The number of aromatic nitrogens is 1. The van der Waals surface area contributed by atoms with Crippen LogP contribution >= 0.6 is 11.6 Å². The third kappa shape index (κ3) is 4.46. The molecule has 0 unspecified atom stereocenters. The highest BCUT2D eigenvalue weighted by atomic mass is 35.5. The Balaban J connectivity index is 1.96. The molecule has 160 valence electrons. The molecule has 0 fully saturated rings. The Labute approximate surface area is 191 Å². The predicted molar refractivity (Wildman–Crippen MR) is 129 cm³/mol. The second kappa shape index (κ2) is 9.59. The molecule has 32 heavy (non-hydrogen) atoms. The van der Waals surface area contributed by atoms with Crippen LogP contribution in [0.2, 0.25) is 5.02 Å². The number of hydrogen-bond donors (Lipinski definition) is 1. The highest BCUT2D eigenvalue weighted by Gasteiger charge is 2.16. The molecule has 1 N–H and O–H groups in total. The van der Waals surface area contributed by atoms with Crippen molar-refractivity contribution in [3.05, 3.63) is 94.0 Å². The summed E-state index contributed by atoms with van der Waals surface area (Å²) in [5.41, 5.74) is 3.70. The minimum absolute atomic E-state index is 0.188. The van der Waals surface area contributed by atoms with Crippen molar-refractivity contribution in [2.75, 3.05) is 13.2 Å². The van der Waals surface area contributed by atoms with Crippen LogP contribution in [0.25, 0.3) is 28.0 Å². The van der Waals surface area contributed by atoms with Crippen molar-refractivity contribution in [2.45, 2.75) is 13.3 Å². The molecule has 2 heterocycles. The number of benzene rings is 2. The molecule has 5 nitrogen and oxygen atoms in total. The van der Waals surface area contributed by atoms with Crippen molar-refractivity contribution in [1.82, 2.24) is 9.88 Å². The van der Waals surface area contributed by atoms with Gasteiger partial charge in [0.1, 0.15) is 5.75 Å². The van der Waals surface area contributed by atoms with Gasteiger partial charge in [-0.3, -0.25) is 9.36 Å². The van der Waals surface area contributed by atoms with Crippen LogP contribution in [-0.2, 0) is 0 Å². The normalized spacial score (nSPS) is 12.6. The molecule has 0 amide bonds. The maximum atomic E-state index is 13.6. The van der Waals surface area contributed by atoms with Crippen molar-refractivity contribution < 1.29 is 4.74 Å². The van der Waals surface area contributed by atoms with Gasteiger partial charge in [-0.2, -0.15) is 5.26 Å². The highest BCUT2D eigenvalue weighted by Crippen LogP contribution is 2.31. The SMILES string of the molecule is CCCOc1cc(Cl)cc(-c2cc(-c3ccccc3C#N)cn(C3=CNCC=C3)c2=O)c1. The molecule has 6 heteroatoms. The predicted octanol–water partition coefficient (Wildman–Crippen LogP) is 5.45. The summed E-state index contributed by atoms with van der Waals surface area (Å²) in [5, 5.41) is 13.2. The van der Waals surface area contributed by atoms with E-state index < -0.39 is 0 Å². The van der Waals surface area contributed by atoms with E-state index in [0.717, 1.165) is 17.5 Å². The second-order valence-corrected chi connectivity index (χ2v) is 7.82. The van der Waals surface area contributed by atoms with Gasteiger partial charge in [0, 0.05) is 40.7 Å². The Morgan fingerprint density at radius 2 is 2.00 bits per heavy atom. The fourth-order valence-electron chi connectivity index (χ4n) is 3.59. The van der Waals surface area contributed by atoms with E-state index in [9.17, 15) is 10.1 Å². The second-order valence-electron chi connectivity index (χ2n) is 7.38. The van der Waals surface area contributed by atoms with Crippen LogP contribution in [0.15, 0.2) is 77.9 Å². The first kappa shape index (κ1) is 21.5. The minimum Gasteiger partial charge on any atom is -0.494 e. The summed E-state index contributed by atoms with van der Waals surface area (Å²) < 4.78 is 7.36. The lowest BCUT2D eigenvalue weighted by Crippen LogP contribution is -2.23. The average molecular weight is 444 g/mol. The molecule has 1 aromatic heterocycles. The average Bonchev–Trinajstić information content (AvgIpc) is 2.83. The summed E-state index contributed by atoms with van der Waals surface area (Å²) in [5.74, 6) is 0.613. The zero-order valence-corrected chi connectivity index (χ0v) is 18.4. The van der Waals surface area contributed by atoms with E-state index in [1.165, 1.54) is 0 Å². The van der Waals surface area contributed by atoms with E-state index >= 15 is 0 Å². The molecular weight excluding hydrogens is 422 g/mol. The number of nitrogens with zero attached hydrogens (tertiary/aromatic N) is 2. The molecule has 0 spiro atoms. The molecule has 2 aromatic carbocycles. The molecule has 0 saturated heterocycles. The number of allylic oxidation sites excluding steroid dienone is 2. The molecule has 3 aromatic rings. The highest BCUT2D eigenvalue weighted by molar-refractivity contribution is 6.31. The number of pyridine rings is 1. The Bertz CT molecular complexity index is 1320. The van der Waals surface area contributed by atoms with Crippen LogP contribution in [0.1, 0.15) is 18.9 Å². The molecular formula is C26H22ClN3O2. The van der Waals surface area contributed by atoms with Crippen LogP contribution in [0.3, 0.4) is 0 Å². The first-order valence-corrected chi connectivity index (χ1v) is 10.8. The van der Waals surface area contributed by atoms with Crippen LogP contribution in [-0.4, -0.2) is 17.7 Å². The van der Waals surface area contributed by atoms with Crippen molar-refractivity contribution in [1.29, 1.82) is 5.26 Å². The molecule has 1 aliphatic heterocycles. The van der Waals surface area contributed by atoms with Crippen molar-refractivity contribution >= 4 is 17.3 Å². The number of dihydropyridines is 1. The minimum atomic E-state index is -0.188. The summed E-state index contributed by atoms with van der Waals surface area (Å²) in [6.07, 6.45) is 8.29. The van der Waals surface area contributed by atoms with E-state index in [2.05, 4.69) is 11.4 Å². The maximum Gasteiger partial charge on any atom is 0.263 e. The standard InChI is InChI=1S/C26H22ClN3O2/c1-2-10-32-23-12-19(11-21(27)14-23)25-13-20(24-8-4-3-6-18(24)15-28)17-30(26(25)31)22-7-5-9-29-16-22/h3-8,11-14,16-17,29H,2,9-10H2,1H3. The monoisotopic (exact) mass is 443 g/mol. The quantitative estimate of drug-likeness (QED) is 0.549. The number of nitriles is 1. The van der Waals surface area contributed by atoms with Gasteiger partial charge in [-0.25, -0.2) is 0 Å². The number of hydrogen-bond acceptors (Lipinski definition) is 4. The van der Waals surface area contributed by atoms with Gasteiger partial charge < -0.3 is 10.1 Å². The summed E-state index contributed by atoms with van der Waals surface area (Å²) in [4.78, 5) is 13.6. The van der Waals surface area contributed by atoms with Crippen molar-refractivity contribution in [3.8, 4) is 34.1 Å². The zero-order valence-electron chi connectivity index (χ0n) is 17.6. The van der Waals surface area contributed by atoms with Crippen LogP contribution < -0.4 is 15.6 Å². The number of halogens is 1. The van der Waals surface area contributed by atoms with Gasteiger partial charge in [0.05, 0.1) is 23.9 Å².